The van der Waals surface area contributed by atoms with Gasteiger partial charge in [0.1, 0.15) is 0 Å². The van der Waals surface area contributed by atoms with Crippen LogP contribution in [0.15, 0.2) is 4.88 Å². The molecule has 0 aromatic carbocycles. The van der Waals surface area contributed by atoms with Crippen molar-refractivity contribution in [3.63, 3.8) is 0 Å². The Balaban J connectivity index is 3.74. The number of rotatable bonds is 3. The highest BCUT2D eigenvalue weighted by Gasteiger charge is 2.19. The second kappa shape index (κ2) is 3.93. The Morgan fingerprint density at radius 3 is 2.20 bits per heavy atom. The normalized spacial score (nSPS) is 14.8. The van der Waals surface area contributed by atoms with Gasteiger partial charge in [-0.05, 0) is 20.8 Å². The molecule has 0 heterocycles. The van der Waals surface area contributed by atoms with Crippen LogP contribution in [0.1, 0.15) is 20.8 Å². The lowest BCUT2D eigenvalue weighted by Gasteiger charge is -2.20. The molecule has 5 N–H and O–H groups in total. The van der Waals surface area contributed by atoms with Crippen molar-refractivity contribution in [1.29, 1.82) is 0 Å². The van der Waals surface area contributed by atoms with Crippen molar-refractivity contribution in [2.75, 3.05) is 0 Å². The van der Waals surface area contributed by atoms with Crippen LogP contribution in [0.4, 0.5) is 0 Å². The molecule has 0 radical (unpaired) electrons. The van der Waals surface area contributed by atoms with Crippen molar-refractivity contribution in [2.24, 2.45) is 10.7 Å². The molecule has 0 aliphatic rings. The molecular formula is C4H14N4OP+. The summed E-state index contributed by atoms with van der Waals surface area (Å²) in [6.45, 7) is 5.72. The van der Waals surface area contributed by atoms with Crippen LogP contribution in [0.5, 0.6) is 0 Å². The average molecular weight is 165 g/mol. The minimum absolute atomic E-state index is 0.263. The summed E-state index contributed by atoms with van der Waals surface area (Å²) < 4.78 is 5.27. The molecule has 0 aliphatic heterocycles. The van der Waals surface area contributed by atoms with Crippen LogP contribution in [0.25, 0.3) is 0 Å². The minimum atomic E-state index is -1.21. The molecular weight excluding hydrogens is 151 g/mol. The first-order chi connectivity index (χ1) is 4.49. The SMILES string of the molecule is CC(C)(C)OP(N=[NH2+])NN. The fraction of sp³-hybridized carbons (Fsp3) is 1.00. The Hall–Kier alpha value is -0.0900. The van der Waals surface area contributed by atoms with E-state index in [0.717, 1.165) is 0 Å². The van der Waals surface area contributed by atoms with Crippen LogP contribution >= 0.6 is 8.45 Å². The second-order valence-electron chi connectivity index (χ2n) is 2.72. The third-order valence-corrected chi connectivity index (χ3v) is 1.73. The van der Waals surface area contributed by atoms with E-state index in [2.05, 4.69) is 10.1 Å². The summed E-state index contributed by atoms with van der Waals surface area (Å²) in [6.07, 6.45) is 0. The highest BCUT2D eigenvalue weighted by atomic mass is 31.2. The summed E-state index contributed by atoms with van der Waals surface area (Å²) in [5.74, 6) is 5.07. The molecule has 0 bridgehead atoms. The maximum atomic E-state index is 5.27. The molecule has 0 saturated heterocycles. The van der Waals surface area contributed by atoms with Crippen LogP contribution in [-0.4, -0.2) is 5.60 Å². The van der Waals surface area contributed by atoms with E-state index in [-0.39, 0.29) is 5.60 Å². The molecule has 0 fully saturated rings. The van der Waals surface area contributed by atoms with Gasteiger partial charge in [0, 0.05) is 4.88 Å². The summed E-state index contributed by atoms with van der Waals surface area (Å²) in [7, 11) is -1.21. The largest absolute Gasteiger partial charge is 0.320 e. The zero-order valence-corrected chi connectivity index (χ0v) is 7.35. The fourth-order valence-corrected chi connectivity index (χ4v) is 1.03. The maximum Gasteiger partial charge on any atom is 0.320 e. The maximum absolute atomic E-state index is 5.27. The van der Waals surface area contributed by atoms with Crippen molar-refractivity contribution in [3.05, 3.63) is 0 Å². The lowest BCUT2D eigenvalue weighted by molar-refractivity contribution is -0.205. The molecule has 60 valence electrons. The first-order valence-electron chi connectivity index (χ1n) is 2.86. The fourth-order valence-electron chi connectivity index (χ4n) is 0.343. The Morgan fingerprint density at radius 2 is 2.10 bits per heavy atom. The molecule has 0 spiro atoms. The topological polar surface area (TPSA) is 85.2 Å². The standard InChI is InChI=1S/C4H13N4OP/c1-4(2,3)9-10(7-5)8-6/h5,8H,6H2,1-3H3/p+1. The molecule has 5 nitrogen and oxygen atoms in total. The quantitative estimate of drug-likeness (QED) is 0.232. The summed E-state index contributed by atoms with van der Waals surface area (Å²) in [6, 6.07) is 0. The zero-order chi connectivity index (χ0) is 8.20. The Bertz CT molecular complexity index is 112. The van der Waals surface area contributed by atoms with Gasteiger partial charge in [0.2, 0.25) is 0 Å². The Kier molecular flexibility index (Phi) is 3.89. The number of nitrogens with one attached hydrogen (secondary N) is 1. The molecule has 6 heteroatoms. The number of nitrogens with zero attached hydrogens (tertiary/aromatic N) is 1. The third kappa shape index (κ3) is 4.76. The van der Waals surface area contributed by atoms with Gasteiger partial charge >= 0.3 is 8.45 Å². The Labute approximate surface area is 61.7 Å². The zero-order valence-electron chi connectivity index (χ0n) is 6.46. The van der Waals surface area contributed by atoms with Crippen LogP contribution in [0, 0.1) is 0 Å². The highest BCUT2D eigenvalue weighted by molar-refractivity contribution is 7.48. The van der Waals surface area contributed by atoms with Crippen LogP contribution in [0.3, 0.4) is 0 Å². The molecule has 0 amide bonds. The first kappa shape index (κ1) is 9.91. The van der Waals surface area contributed by atoms with Gasteiger partial charge in [-0.25, -0.2) is 0 Å². The predicted octanol–water partition coefficient (Wildman–Crippen LogP) is -0.297. The van der Waals surface area contributed by atoms with Crippen molar-refractivity contribution in [3.8, 4) is 0 Å². The van der Waals surface area contributed by atoms with Gasteiger partial charge in [0.15, 0.2) is 0 Å². The molecule has 1 atom stereocenters. The summed E-state index contributed by atoms with van der Waals surface area (Å²) >= 11 is 0. The van der Waals surface area contributed by atoms with Crippen molar-refractivity contribution >= 4 is 8.45 Å². The van der Waals surface area contributed by atoms with Gasteiger partial charge in [0.05, 0.1) is 5.60 Å². The Morgan fingerprint density at radius 1 is 1.60 bits per heavy atom. The van der Waals surface area contributed by atoms with Gasteiger partial charge in [-0.2, -0.15) is 5.20 Å². The van der Waals surface area contributed by atoms with Crippen molar-refractivity contribution in [2.45, 2.75) is 26.4 Å². The van der Waals surface area contributed by atoms with E-state index in [1.165, 1.54) is 0 Å². The van der Waals surface area contributed by atoms with E-state index in [4.69, 9.17) is 15.9 Å². The lowest BCUT2D eigenvalue weighted by atomic mass is 10.2. The highest BCUT2D eigenvalue weighted by Crippen LogP contribution is 2.35. The molecule has 0 aliphatic carbocycles. The van der Waals surface area contributed by atoms with E-state index >= 15 is 0 Å². The predicted molar refractivity (Wildman–Crippen MR) is 39.4 cm³/mol. The van der Waals surface area contributed by atoms with E-state index in [1.54, 1.807) is 0 Å². The molecule has 1 unspecified atom stereocenters. The smallest absolute Gasteiger partial charge is 0.315 e. The van der Waals surface area contributed by atoms with Crippen LogP contribution in [-0.2, 0) is 4.52 Å². The molecule has 0 rings (SSSR count). The molecule has 0 aromatic rings. The van der Waals surface area contributed by atoms with Crippen LogP contribution in [0.2, 0.25) is 0 Å². The number of hydrogen-bond donors (Lipinski definition) is 3. The van der Waals surface area contributed by atoms with Gasteiger partial charge < -0.3 is 4.52 Å². The number of nitrogens with two attached hydrogens (primary N) is 2. The van der Waals surface area contributed by atoms with Gasteiger partial charge in [-0.1, -0.05) is 0 Å². The lowest BCUT2D eigenvalue weighted by Crippen LogP contribution is -2.29. The monoisotopic (exact) mass is 165 g/mol. The van der Waals surface area contributed by atoms with E-state index in [1.807, 2.05) is 20.8 Å². The van der Waals surface area contributed by atoms with Crippen molar-refractivity contribution < 1.29 is 10.1 Å². The van der Waals surface area contributed by atoms with Crippen LogP contribution < -0.4 is 16.6 Å². The van der Waals surface area contributed by atoms with Crippen molar-refractivity contribution in [1.82, 2.24) is 5.20 Å². The van der Waals surface area contributed by atoms with E-state index in [9.17, 15) is 0 Å². The van der Waals surface area contributed by atoms with Gasteiger partial charge in [-0.3, -0.25) is 5.84 Å². The summed E-state index contributed by atoms with van der Waals surface area (Å²) in [5, 5.41) is 2.36. The van der Waals surface area contributed by atoms with E-state index < -0.39 is 8.45 Å². The number of hydrazine groups is 1. The average Bonchev–Trinajstić information content (AvgIpc) is 1.81. The minimum Gasteiger partial charge on any atom is -0.315 e. The van der Waals surface area contributed by atoms with Gasteiger partial charge in [-0.15, -0.1) is 5.53 Å². The summed E-state index contributed by atoms with van der Waals surface area (Å²) in [5.41, 5.74) is 4.71. The molecule has 10 heavy (non-hydrogen) atoms. The van der Waals surface area contributed by atoms with Gasteiger partial charge in [0.25, 0.3) is 0 Å². The molecule has 0 aromatic heterocycles. The first-order valence-corrected chi connectivity index (χ1v) is 4.07. The second-order valence-corrected chi connectivity index (χ2v) is 3.94. The summed E-state index contributed by atoms with van der Waals surface area (Å²) in [4.78, 5) is 3.40. The molecule has 0 saturated carbocycles. The third-order valence-electron chi connectivity index (χ3n) is 0.576. The number of hydrogen-bond acceptors (Lipinski definition) is 4. The van der Waals surface area contributed by atoms with E-state index in [0.29, 0.717) is 0 Å².